The Morgan fingerprint density at radius 2 is 1.97 bits per heavy atom. The molecule has 8 heteroatoms. The number of hydrogen-bond donors (Lipinski definition) is 2. The van der Waals surface area contributed by atoms with Crippen LogP contribution in [-0.4, -0.2) is 48.8 Å². The monoisotopic (exact) mass is 511 g/mol. The third kappa shape index (κ3) is 4.68. The van der Waals surface area contributed by atoms with Gasteiger partial charge in [0.25, 0.3) is 0 Å². The number of nitrogens with one attached hydrogen (secondary N) is 2. The molecule has 8 nitrogen and oxygen atoms in total. The molecule has 4 aromatic rings. The van der Waals surface area contributed by atoms with E-state index in [0.717, 1.165) is 78.7 Å². The maximum Gasteiger partial charge on any atom is 0.317 e. The Kier molecular flexibility index (Phi) is 6.20. The summed E-state index contributed by atoms with van der Waals surface area (Å²) in [5.74, 6) is 0.550. The molecule has 1 saturated heterocycles. The molecule has 2 amide bonds. The Morgan fingerprint density at radius 1 is 1.11 bits per heavy atom. The molecule has 2 aliphatic rings. The highest BCUT2D eigenvalue weighted by molar-refractivity contribution is 5.94. The van der Waals surface area contributed by atoms with E-state index in [1.807, 2.05) is 24.3 Å². The number of likely N-dealkylation sites (tertiary alicyclic amines) is 1. The topological polar surface area (TPSA) is 91.7 Å². The van der Waals surface area contributed by atoms with Gasteiger partial charge in [0.1, 0.15) is 12.0 Å². The number of amides is 2. The Bertz CT molecular complexity index is 1480. The van der Waals surface area contributed by atoms with Gasteiger partial charge in [-0.15, -0.1) is 0 Å². The first kappa shape index (κ1) is 24.6. The molecule has 2 atom stereocenters. The van der Waals surface area contributed by atoms with Crippen molar-refractivity contribution in [2.45, 2.75) is 58.9 Å². The summed E-state index contributed by atoms with van der Waals surface area (Å²) in [6.07, 6.45) is 10.7. The molecule has 2 unspecified atom stereocenters. The number of benzene rings is 1. The van der Waals surface area contributed by atoms with Gasteiger partial charge in [0.05, 0.1) is 23.6 Å². The average molecular weight is 512 g/mol. The van der Waals surface area contributed by atoms with Gasteiger partial charge in [0.2, 0.25) is 0 Å². The lowest BCUT2D eigenvalue weighted by Gasteiger charge is -2.28. The summed E-state index contributed by atoms with van der Waals surface area (Å²) in [5.41, 5.74) is 7.56. The van der Waals surface area contributed by atoms with Crippen LogP contribution < -0.4 is 5.32 Å². The van der Waals surface area contributed by atoms with Crippen molar-refractivity contribution in [3.63, 3.8) is 0 Å². The van der Waals surface area contributed by atoms with Crippen LogP contribution in [0.5, 0.6) is 0 Å². The van der Waals surface area contributed by atoms with Crippen molar-refractivity contribution in [3.8, 4) is 22.5 Å². The molecule has 0 saturated carbocycles. The van der Waals surface area contributed by atoms with Crippen molar-refractivity contribution < 1.29 is 4.79 Å². The van der Waals surface area contributed by atoms with Crippen LogP contribution in [0.2, 0.25) is 0 Å². The number of carbonyl (C=O) groups excluding carboxylic acids is 1. The highest BCUT2D eigenvalue weighted by atomic mass is 16.2. The lowest BCUT2D eigenvalue weighted by atomic mass is 9.80. The van der Waals surface area contributed by atoms with Crippen LogP contribution in [0.3, 0.4) is 0 Å². The lowest BCUT2D eigenvalue weighted by Crippen LogP contribution is -2.41. The minimum atomic E-state index is 0.0394. The van der Waals surface area contributed by atoms with Crippen LogP contribution in [-0.2, 0) is 13.5 Å². The van der Waals surface area contributed by atoms with Gasteiger partial charge in [-0.25, -0.2) is 14.8 Å². The van der Waals surface area contributed by atoms with Crippen LogP contribution >= 0.6 is 0 Å². The molecule has 4 heterocycles. The van der Waals surface area contributed by atoms with E-state index in [1.54, 1.807) is 11.0 Å². The van der Waals surface area contributed by atoms with Crippen molar-refractivity contribution in [1.29, 1.82) is 0 Å². The zero-order valence-corrected chi connectivity index (χ0v) is 22.8. The molecule has 0 radical (unpaired) electrons. The summed E-state index contributed by atoms with van der Waals surface area (Å²) in [6, 6.07) is 8.84. The number of carbonyl (C=O) groups is 1. The molecule has 0 spiro atoms. The van der Waals surface area contributed by atoms with E-state index in [0.29, 0.717) is 5.92 Å². The first-order valence-electron chi connectivity index (χ1n) is 13.8. The fraction of sp³-hybridized carbons (Fsp3) is 0.467. The molecule has 198 valence electrons. The SMILES string of the molecule is Cn1cc(-c2cc3c(-c4ccc5c(c4)CCCCC5NC(=O)N4CCC(C(C)(C)C)C4)ncnc3[nH]2)cn1. The second-order valence-corrected chi connectivity index (χ2v) is 12.0. The molecule has 3 aromatic heterocycles. The minimum absolute atomic E-state index is 0.0394. The highest BCUT2D eigenvalue weighted by Crippen LogP contribution is 2.36. The largest absolute Gasteiger partial charge is 0.339 e. The summed E-state index contributed by atoms with van der Waals surface area (Å²) in [6.45, 7) is 8.51. The maximum absolute atomic E-state index is 13.3. The average Bonchev–Trinajstić information content (AvgIpc) is 3.62. The van der Waals surface area contributed by atoms with Gasteiger partial charge in [-0.1, -0.05) is 39.3 Å². The van der Waals surface area contributed by atoms with Crippen molar-refractivity contribution in [3.05, 3.63) is 54.1 Å². The Labute approximate surface area is 223 Å². The van der Waals surface area contributed by atoms with E-state index >= 15 is 0 Å². The van der Waals surface area contributed by atoms with Gasteiger partial charge >= 0.3 is 6.03 Å². The first-order valence-corrected chi connectivity index (χ1v) is 13.8. The standard InChI is InChI=1S/C30H37N7O/c1-30(2,3)22-11-12-37(17-22)29(38)35-25-8-6-5-7-19-13-20(9-10-23(19)25)27-24-14-26(21-15-33-36(4)16-21)34-28(24)32-18-31-27/h9-10,13-16,18,22,25H,5-8,11-12,17H2,1-4H3,(H,35,38)(H,31,32,34). The summed E-state index contributed by atoms with van der Waals surface area (Å²) in [7, 11) is 1.91. The first-order chi connectivity index (χ1) is 18.3. The number of aryl methyl sites for hydroxylation is 2. The van der Waals surface area contributed by atoms with Gasteiger partial charge in [-0.05, 0) is 60.3 Å². The van der Waals surface area contributed by atoms with Crippen molar-refractivity contribution in [1.82, 2.24) is 34.9 Å². The van der Waals surface area contributed by atoms with E-state index in [1.165, 1.54) is 11.1 Å². The van der Waals surface area contributed by atoms with Gasteiger partial charge in [-0.2, -0.15) is 5.10 Å². The fourth-order valence-electron chi connectivity index (χ4n) is 6.06. The normalized spacial score (nSPS) is 19.9. The molecule has 1 aromatic carbocycles. The minimum Gasteiger partial charge on any atom is -0.339 e. The van der Waals surface area contributed by atoms with Crippen LogP contribution in [0.1, 0.15) is 63.6 Å². The number of fused-ring (bicyclic) bond motifs is 2. The predicted octanol–water partition coefficient (Wildman–Crippen LogP) is 5.87. The molecule has 6 rings (SSSR count). The molecule has 1 fully saturated rings. The zero-order chi connectivity index (χ0) is 26.4. The smallest absolute Gasteiger partial charge is 0.317 e. The molecule has 1 aliphatic carbocycles. The van der Waals surface area contributed by atoms with Crippen LogP contribution in [0.25, 0.3) is 33.5 Å². The van der Waals surface area contributed by atoms with Gasteiger partial charge in [-0.3, -0.25) is 4.68 Å². The predicted molar refractivity (Wildman–Crippen MR) is 149 cm³/mol. The Morgan fingerprint density at radius 3 is 2.74 bits per heavy atom. The molecular formula is C30H37N7O. The van der Waals surface area contributed by atoms with E-state index in [9.17, 15) is 4.79 Å². The van der Waals surface area contributed by atoms with Crippen molar-refractivity contribution >= 4 is 17.1 Å². The molecule has 0 bridgehead atoms. The molecule has 1 aliphatic heterocycles. The number of aromatic amines is 1. The van der Waals surface area contributed by atoms with Crippen LogP contribution in [0.4, 0.5) is 4.79 Å². The molecule has 38 heavy (non-hydrogen) atoms. The zero-order valence-electron chi connectivity index (χ0n) is 22.8. The molecule has 2 N–H and O–H groups in total. The summed E-state index contributed by atoms with van der Waals surface area (Å²) in [5, 5.41) is 8.68. The van der Waals surface area contributed by atoms with E-state index in [4.69, 9.17) is 0 Å². The van der Waals surface area contributed by atoms with Crippen LogP contribution in [0.15, 0.2) is 43.0 Å². The number of urea groups is 1. The van der Waals surface area contributed by atoms with Gasteiger partial charge in [0, 0.05) is 42.8 Å². The summed E-state index contributed by atoms with van der Waals surface area (Å²) in [4.78, 5) is 27.8. The van der Waals surface area contributed by atoms with E-state index < -0.39 is 0 Å². The van der Waals surface area contributed by atoms with Gasteiger partial charge in [0.15, 0.2) is 0 Å². The quantitative estimate of drug-likeness (QED) is 0.337. The summed E-state index contributed by atoms with van der Waals surface area (Å²) >= 11 is 0. The lowest BCUT2D eigenvalue weighted by molar-refractivity contribution is 0.192. The Hall–Kier alpha value is -3.68. The number of aromatic nitrogens is 5. The van der Waals surface area contributed by atoms with Crippen molar-refractivity contribution in [2.24, 2.45) is 18.4 Å². The number of rotatable bonds is 3. The Balaban J connectivity index is 1.27. The fourth-order valence-corrected chi connectivity index (χ4v) is 6.06. The number of H-pyrrole nitrogens is 1. The second kappa shape index (κ2) is 9.57. The second-order valence-electron chi connectivity index (χ2n) is 12.0. The maximum atomic E-state index is 13.3. The summed E-state index contributed by atoms with van der Waals surface area (Å²) < 4.78 is 1.79. The third-order valence-corrected chi connectivity index (χ3v) is 8.42. The third-order valence-electron chi connectivity index (χ3n) is 8.42. The van der Waals surface area contributed by atoms with E-state index in [-0.39, 0.29) is 17.5 Å². The van der Waals surface area contributed by atoms with E-state index in [2.05, 4.69) is 70.4 Å². The van der Waals surface area contributed by atoms with Crippen molar-refractivity contribution in [2.75, 3.05) is 13.1 Å². The molecular weight excluding hydrogens is 474 g/mol. The van der Waals surface area contributed by atoms with Crippen LogP contribution in [0, 0.1) is 11.3 Å². The highest BCUT2D eigenvalue weighted by Gasteiger charge is 2.34. The number of nitrogens with zero attached hydrogens (tertiary/aromatic N) is 5. The number of hydrogen-bond acceptors (Lipinski definition) is 4. The van der Waals surface area contributed by atoms with Gasteiger partial charge < -0.3 is 15.2 Å².